The van der Waals surface area contributed by atoms with Gasteiger partial charge in [-0.1, -0.05) is 22.0 Å². The van der Waals surface area contributed by atoms with E-state index in [4.69, 9.17) is 4.42 Å². The molecule has 1 nitrogen and oxygen atoms in total. The molecule has 0 amide bonds. The van der Waals surface area contributed by atoms with Crippen LogP contribution in [0.15, 0.2) is 34.1 Å². The van der Waals surface area contributed by atoms with E-state index in [-0.39, 0.29) is 0 Å². The van der Waals surface area contributed by atoms with Crippen LogP contribution in [-0.4, -0.2) is 0 Å². The van der Waals surface area contributed by atoms with Crippen LogP contribution in [0.2, 0.25) is 0 Å². The maximum absolute atomic E-state index is 4.86. The molecule has 0 bridgehead atoms. The maximum atomic E-state index is 4.86. The van der Waals surface area contributed by atoms with E-state index in [9.17, 15) is 0 Å². The standard InChI is InChI=1S/C7H7BrO/c8-4-1-2-7-3-5-9-6-7/h1,3-6H,2H2/b4-1-. The van der Waals surface area contributed by atoms with Gasteiger partial charge in [0.05, 0.1) is 12.5 Å². The highest BCUT2D eigenvalue weighted by Gasteiger charge is 1.86. The summed E-state index contributed by atoms with van der Waals surface area (Å²) in [6.45, 7) is 0. The summed E-state index contributed by atoms with van der Waals surface area (Å²) < 4.78 is 4.86. The van der Waals surface area contributed by atoms with Gasteiger partial charge in [-0.2, -0.15) is 0 Å². The lowest BCUT2D eigenvalue weighted by Gasteiger charge is -1.81. The van der Waals surface area contributed by atoms with E-state index in [1.54, 1.807) is 12.5 Å². The Balaban J connectivity index is 2.48. The normalized spacial score (nSPS) is 10.8. The van der Waals surface area contributed by atoms with Gasteiger partial charge in [-0.05, 0) is 23.0 Å². The highest BCUT2D eigenvalue weighted by Crippen LogP contribution is 2.01. The molecule has 0 fully saturated rings. The zero-order chi connectivity index (χ0) is 6.53. The summed E-state index contributed by atoms with van der Waals surface area (Å²) in [6, 6.07) is 1.95. The molecule has 0 saturated heterocycles. The van der Waals surface area contributed by atoms with Gasteiger partial charge in [0, 0.05) is 0 Å². The highest BCUT2D eigenvalue weighted by atomic mass is 79.9. The predicted molar refractivity (Wildman–Crippen MR) is 40.5 cm³/mol. The molecule has 0 spiro atoms. The van der Waals surface area contributed by atoms with Gasteiger partial charge in [-0.15, -0.1) is 0 Å². The maximum Gasteiger partial charge on any atom is 0.0937 e. The minimum Gasteiger partial charge on any atom is -0.472 e. The van der Waals surface area contributed by atoms with E-state index in [1.165, 1.54) is 5.56 Å². The average Bonchev–Trinajstić information content (AvgIpc) is 2.34. The van der Waals surface area contributed by atoms with Crippen molar-refractivity contribution in [2.45, 2.75) is 6.42 Å². The minimum absolute atomic E-state index is 0.932. The Labute approximate surface area is 62.5 Å². The second-order valence-electron chi connectivity index (χ2n) is 1.70. The average molecular weight is 187 g/mol. The van der Waals surface area contributed by atoms with Gasteiger partial charge >= 0.3 is 0 Å². The lowest BCUT2D eigenvalue weighted by molar-refractivity contribution is 0.565. The lowest BCUT2D eigenvalue weighted by atomic mass is 10.2. The first-order valence-corrected chi connectivity index (χ1v) is 3.61. The van der Waals surface area contributed by atoms with Crippen molar-refractivity contribution in [2.75, 3.05) is 0 Å². The van der Waals surface area contributed by atoms with Crippen LogP contribution in [0.25, 0.3) is 0 Å². The van der Waals surface area contributed by atoms with Gasteiger partial charge < -0.3 is 4.42 Å². The van der Waals surface area contributed by atoms with Crippen molar-refractivity contribution in [1.29, 1.82) is 0 Å². The van der Waals surface area contributed by atoms with Gasteiger partial charge in [0.2, 0.25) is 0 Å². The van der Waals surface area contributed by atoms with Crippen LogP contribution >= 0.6 is 15.9 Å². The molecule has 0 unspecified atom stereocenters. The van der Waals surface area contributed by atoms with Crippen molar-refractivity contribution in [2.24, 2.45) is 0 Å². The fourth-order valence-electron chi connectivity index (χ4n) is 0.589. The summed E-state index contributed by atoms with van der Waals surface area (Å²) in [7, 11) is 0. The fraction of sp³-hybridized carbons (Fsp3) is 0.143. The molecule has 0 saturated carbocycles. The van der Waals surface area contributed by atoms with Crippen LogP contribution in [0.5, 0.6) is 0 Å². The van der Waals surface area contributed by atoms with Crippen molar-refractivity contribution in [3.63, 3.8) is 0 Å². The van der Waals surface area contributed by atoms with Gasteiger partial charge in [-0.3, -0.25) is 0 Å². The van der Waals surface area contributed by atoms with Gasteiger partial charge in [0.15, 0.2) is 0 Å². The van der Waals surface area contributed by atoms with Gasteiger partial charge in [0.1, 0.15) is 0 Å². The summed E-state index contributed by atoms with van der Waals surface area (Å²) >= 11 is 3.18. The number of allylic oxidation sites excluding steroid dienone is 1. The van der Waals surface area contributed by atoms with E-state index in [2.05, 4.69) is 15.9 Å². The number of rotatable bonds is 2. The van der Waals surface area contributed by atoms with Crippen LogP contribution in [-0.2, 0) is 6.42 Å². The topological polar surface area (TPSA) is 13.1 Å². The minimum atomic E-state index is 0.932. The SMILES string of the molecule is Br/C=C\Cc1ccoc1. The van der Waals surface area contributed by atoms with E-state index >= 15 is 0 Å². The highest BCUT2D eigenvalue weighted by molar-refractivity contribution is 9.11. The molecule has 0 atom stereocenters. The third-order valence-electron chi connectivity index (χ3n) is 1.02. The molecular weight excluding hydrogens is 180 g/mol. The second-order valence-corrected chi connectivity index (χ2v) is 2.23. The summed E-state index contributed by atoms with van der Waals surface area (Å²) in [5.74, 6) is 0. The van der Waals surface area contributed by atoms with Gasteiger partial charge in [-0.25, -0.2) is 0 Å². The number of hydrogen-bond acceptors (Lipinski definition) is 1. The molecule has 1 aromatic heterocycles. The Morgan fingerprint density at radius 3 is 3.11 bits per heavy atom. The third kappa shape index (κ3) is 2.06. The Hall–Kier alpha value is -0.500. The number of halogens is 1. The Morgan fingerprint density at radius 1 is 1.67 bits per heavy atom. The molecule has 0 aliphatic heterocycles. The molecule has 0 aromatic carbocycles. The molecule has 0 aliphatic rings. The second kappa shape index (κ2) is 3.51. The first kappa shape index (κ1) is 6.62. The van der Waals surface area contributed by atoms with Crippen LogP contribution in [0.4, 0.5) is 0 Å². The third-order valence-corrected chi connectivity index (χ3v) is 1.40. The number of furan rings is 1. The largest absolute Gasteiger partial charge is 0.472 e. The van der Waals surface area contributed by atoms with E-state index in [1.807, 2.05) is 17.1 Å². The number of hydrogen-bond donors (Lipinski definition) is 0. The Morgan fingerprint density at radius 2 is 2.56 bits per heavy atom. The van der Waals surface area contributed by atoms with E-state index < -0.39 is 0 Å². The first-order chi connectivity index (χ1) is 4.43. The van der Waals surface area contributed by atoms with Crippen LogP contribution < -0.4 is 0 Å². The predicted octanol–water partition coefficient (Wildman–Crippen LogP) is 2.73. The summed E-state index contributed by atoms with van der Waals surface area (Å²) in [6.07, 6.45) is 6.37. The van der Waals surface area contributed by atoms with Crippen molar-refractivity contribution < 1.29 is 4.42 Å². The van der Waals surface area contributed by atoms with Crippen molar-refractivity contribution in [3.8, 4) is 0 Å². The van der Waals surface area contributed by atoms with Crippen LogP contribution in [0.1, 0.15) is 5.56 Å². The Kier molecular flexibility index (Phi) is 2.58. The molecule has 2 heteroatoms. The first-order valence-electron chi connectivity index (χ1n) is 2.70. The molecule has 1 heterocycles. The van der Waals surface area contributed by atoms with Gasteiger partial charge in [0.25, 0.3) is 0 Å². The molecule has 0 radical (unpaired) electrons. The quantitative estimate of drug-likeness (QED) is 0.693. The van der Waals surface area contributed by atoms with E-state index in [0.717, 1.165) is 6.42 Å². The summed E-state index contributed by atoms with van der Waals surface area (Å²) in [4.78, 5) is 1.85. The van der Waals surface area contributed by atoms with Crippen molar-refractivity contribution in [3.05, 3.63) is 35.2 Å². The summed E-state index contributed by atoms with van der Waals surface area (Å²) in [5.41, 5.74) is 1.20. The molecule has 0 aliphatic carbocycles. The molecule has 1 aromatic rings. The monoisotopic (exact) mass is 186 g/mol. The molecule has 0 N–H and O–H groups in total. The van der Waals surface area contributed by atoms with Crippen molar-refractivity contribution in [1.82, 2.24) is 0 Å². The smallest absolute Gasteiger partial charge is 0.0937 e. The van der Waals surface area contributed by atoms with E-state index in [0.29, 0.717) is 0 Å². The Bertz CT molecular complexity index is 177. The molecule has 9 heavy (non-hydrogen) atoms. The zero-order valence-corrected chi connectivity index (χ0v) is 6.47. The van der Waals surface area contributed by atoms with Crippen LogP contribution in [0, 0.1) is 0 Å². The lowest BCUT2D eigenvalue weighted by Crippen LogP contribution is -1.70. The van der Waals surface area contributed by atoms with Crippen molar-refractivity contribution >= 4 is 15.9 Å². The zero-order valence-electron chi connectivity index (χ0n) is 4.88. The summed E-state index contributed by atoms with van der Waals surface area (Å²) in [5, 5.41) is 0. The fourth-order valence-corrected chi connectivity index (χ4v) is 0.776. The van der Waals surface area contributed by atoms with Crippen LogP contribution in [0.3, 0.4) is 0 Å². The molecule has 48 valence electrons. The molecular formula is C7H7BrO. The molecule has 1 rings (SSSR count).